The third-order valence-electron chi connectivity index (χ3n) is 3.46. The maximum Gasteiger partial charge on any atom is 0.191 e. The number of aryl methyl sites for hydroxylation is 1. The molecule has 0 unspecified atom stereocenters. The van der Waals surface area contributed by atoms with Crippen molar-refractivity contribution < 1.29 is 0 Å². The SMILES string of the molecule is CN=C(NCCc1ccccc1Cl)NCc1nnc(C)n1C. The summed E-state index contributed by atoms with van der Waals surface area (Å²) in [6, 6.07) is 7.86. The highest BCUT2D eigenvalue weighted by atomic mass is 35.5. The van der Waals surface area contributed by atoms with E-state index in [-0.39, 0.29) is 0 Å². The first-order valence-corrected chi connectivity index (χ1v) is 7.52. The van der Waals surface area contributed by atoms with Crippen molar-refractivity contribution in [1.82, 2.24) is 25.4 Å². The van der Waals surface area contributed by atoms with Gasteiger partial charge in [0.2, 0.25) is 0 Å². The molecule has 0 aliphatic rings. The van der Waals surface area contributed by atoms with Crippen LogP contribution in [-0.2, 0) is 20.0 Å². The highest BCUT2D eigenvalue weighted by Crippen LogP contribution is 2.14. The molecule has 1 heterocycles. The predicted molar refractivity (Wildman–Crippen MR) is 89.1 cm³/mol. The van der Waals surface area contributed by atoms with E-state index in [4.69, 9.17) is 11.6 Å². The number of guanidine groups is 1. The van der Waals surface area contributed by atoms with E-state index in [1.54, 1.807) is 7.05 Å². The van der Waals surface area contributed by atoms with Crippen LogP contribution in [-0.4, -0.2) is 34.3 Å². The topological polar surface area (TPSA) is 67.1 Å². The van der Waals surface area contributed by atoms with Crippen molar-refractivity contribution in [3.63, 3.8) is 0 Å². The molecule has 0 spiro atoms. The molecular formula is C15H21ClN6. The van der Waals surface area contributed by atoms with Gasteiger partial charge in [0.05, 0.1) is 6.54 Å². The van der Waals surface area contributed by atoms with Gasteiger partial charge in [0.25, 0.3) is 0 Å². The van der Waals surface area contributed by atoms with Crippen LogP contribution >= 0.6 is 11.6 Å². The van der Waals surface area contributed by atoms with Crippen LogP contribution in [0.2, 0.25) is 5.02 Å². The molecule has 2 aromatic rings. The first-order valence-electron chi connectivity index (χ1n) is 7.14. The second kappa shape index (κ2) is 7.79. The summed E-state index contributed by atoms with van der Waals surface area (Å²) in [6.07, 6.45) is 0.837. The number of halogens is 1. The lowest BCUT2D eigenvalue weighted by atomic mass is 10.1. The van der Waals surface area contributed by atoms with Crippen molar-refractivity contribution in [3.05, 3.63) is 46.5 Å². The van der Waals surface area contributed by atoms with Gasteiger partial charge in [-0.15, -0.1) is 10.2 Å². The minimum absolute atomic E-state index is 0.573. The number of nitrogens with one attached hydrogen (secondary N) is 2. The quantitative estimate of drug-likeness (QED) is 0.650. The van der Waals surface area contributed by atoms with Gasteiger partial charge >= 0.3 is 0 Å². The van der Waals surface area contributed by atoms with Gasteiger partial charge in [-0.25, -0.2) is 0 Å². The summed E-state index contributed by atoms with van der Waals surface area (Å²) in [6.45, 7) is 3.25. The minimum Gasteiger partial charge on any atom is -0.356 e. The first kappa shape index (κ1) is 16.3. The van der Waals surface area contributed by atoms with Crippen LogP contribution in [0.5, 0.6) is 0 Å². The summed E-state index contributed by atoms with van der Waals surface area (Å²) in [7, 11) is 3.69. The van der Waals surface area contributed by atoms with Crippen LogP contribution in [0.4, 0.5) is 0 Å². The van der Waals surface area contributed by atoms with Gasteiger partial charge in [0, 0.05) is 25.7 Å². The molecule has 118 valence electrons. The lowest BCUT2D eigenvalue weighted by Crippen LogP contribution is -2.38. The normalized spacial score (nSPS) is 11.5. The number of rotatable bonds is 5. The highest BCUT2D eigenvalue weighted by molar-refractivity contribution is 6.31. The van der Waals surface area contributed by atoms with Crippen LogP contribution in [0, 0.1) is 6.92 Å². The maximum atomic E-state index is 6.14. The number of benzene rings is 1. The minimum atomic E-state index is 0.573. The Morgan fingerprint density at radius 1 is 1.27 bits per heavy atom. The van der Waals surface area contributed by atoms with Gasteiger partial charge in [-0.1, -0.05) is 29.8 Å². The highest BCUT2D eigenvalue weighted by Gasteiger charge is 2.06. The van der Waals surface area contributed by atoms with Crippen molar-refractivity contribution in [2.24, 2.45) is 12.0 Å². The number of nitrogens with zero attached hydrogens (tertiary/aromatic N) is 4. The van der Waals surface area contributed by atoms with E-state index >= 15 is 0 Å². The van der Waals surface area contributed by atoms with Crippen LogP contribution in [0.1, 0.15) is 17.2 Å². The van der Waals surface area contributed by atoms with Gasteiger partial charge in [0.1, 0.15) is 5.82 Å². The number of hydrogen-bond acceptors (Lipinski definition) is 3. The fourth-order valence-corrected chi connectivity index (χ4v) is 2.24. The van der Waals surface area contributed by atoms with E-state index in [2.05, 4.69) is 25.8 Å². The molecule has 0 saturated carbocycles. The fraction of sp³-hybridized carbons (Fsp3) is 0.400. The van der Waals surface area contributed by atoms with E-state index in [1.165, 1.54) is 0 Å². The molecule has 2 N–H and O–H groups in total. The van der Waals surface area contributed by atoms with Gasteiger partial charge in [-0.05, 0) is 25.0 Å². The summed E-state index contributed by atoms with van der Waals surface area (Å²) >= 11 is 6.14. The molecule has 6 nitrogen and oxygen atoms in total. The zero-order valence-electron chi connectivity index (χ0n) is 13.1. The van der Waals surface area contributed by atoms with Crippen molar-refractivity contribution in [2.45, 2.75) is 19.9 Å². The molecular weight excluding hydrogens is 300 g/mol. The van der Waals surface area contributed by atoms with Crippen molar-refractivity contribution in [2.75, 3.05) is 13.6 Å². The van der Waals surface area contributed by atoms with Gasteiger partial charge in [-0.3, -0.25) is 4.99 Å². The van der Waals surface area contributed by atoms with E-state index in [0.29, 0.717) is 6.54 Å². The lowest BCUT2D eigenvalue weighted by Gasteiger charge is -2.12. The second-order valence-corrected chi connectivity index (χ2v) is 5.32. The Balaban J connectivity index is 1.81. The predicted octanol–water partition coefficient (Wildman–Crippen LogP) is 1.68. The third kappa shape index (κ3) is 4.21. The van der Waals surface area contributed by atoms with Crippen LogP contribution in [0.3, 0.4) is 0 Å². The molecule has 0 radical (unpaired) electrons. The van der Waals surface area contributed by atoms with E-state index in [1.807, 2.05) is 42.8 Å². The molecule has 0 amide bonds. The van der Waals surface area contributed by atoms with Gasteiger partial charge in [0.15, 0.2) is 11.8 Å². The van der Waals surface area contributed by atoms with Gasteiger partial charge < -0.3 is 15.2 Å². The average molecular weight is 321 g/mol. The molecule has 0 bridgehead atoms. The Morgan fingerprint density at radius 3 is 2.68 bits per heavy atom. The van der Waals surface area contributed by atoms with Crippen LogP contribution in [0.15, 0.2) is 29.3 Å². The third-order valence-corrected chi connectivity index (χ3v) is 3.83. The summed E-state index contributed by atoms with van der Waals surface area (Å²) in [4.78, 5) is 4.20. The van der Waals surface area contributed by atoms with Gasteiger partial charge in [-0.2, -0.15) is 0 Å². The molecule has 1 aromatic heterocycles. The Kier molecular flexibility index (Phi) is 5.77. The van der Waals surface area contributed by atoms with Crippen LogP contribution in [0.25, 0.3) is 0 Å². The Hall–Kier alpha value is -2.08. The molecule has 0 fully saturated rings. The molecule has 1 aromatic carbocycles. The summed E-state index contributed by atoms with van der Waals surface area (Å²) in [5, 5.41) is 15.4. The smallest absolute Gasteiger partial charge is 0.191 e. The second-order valence-electron chi connectivity index (χ2n) is 4.92. The number of hydrogen-bond donors (Lipinski definition) is 2. The zero-order valence-corrected chi connectivity index (χ0v) is 13.9. The Morgan fingerprint density at radius 2 is 2.05 bits per heavy atom. The summed E-state index contributed by atoms with van der Waals surface area (Å²) < 4.78 is 1.95. The average Bonchev–Trinajstić information content (AvgIpc) is 2.84. The molecule has 0 saturated heterocycles. The Labute approximate surface area is 135 Å². The molecule has 0 atom stereocenters. The fourth-order valence-electron chi connectivity index (χ4n) is 2.01. The number of aromatic nitrogens is 3. The molecule has 2 rings (SSSR count). The molecule has 22 heavy (non-hydrogen) atoms. The maximum absolute atomic E-state index is 6.14. The van der Waals surface area contributed by atoms with Crippen molar-refractivity contribution in [3.8, 4) is 0 Å². The lowest BCUT2D eigenvalue weighted by molar-refractivity contribution is 0.716. The van der Waals surface area contributed by atoms with E-state index in [0.717, 1.165) is 41.2 Å². The summed E-state index contributed by atoms with van der Waals surface area (Å²) in [5.41, 5.74) is 1.12. The van der Waals surface area contributed by atoms with Crippen LogP contribution < -0.4 is 10.6 Å². The standard InChI is InChI=1S/C15H21ClN6/c1-11-20-21-14(22(11)3)10-19-15(17-2)18-9-8-12-6-4-5-7-13(12)16/h4-7H,8-10H2,1-3H3,(H2,17,18,19). The van der Waals surface area contributed by atoms with Crippen molar-refractivity contribution in [1.29, 1.82) is 0 Å². The molecule has 0 aliphatic carbocycles. The molecule has 7 heteroatoms. The number of aliphatic imine (C=N–C) groups is 1. The molecule has 0 aliphatic heterocycles. The largest absolute Gasteiger partial charge is 0.356 e. The monoisotopic (exact) mass is 320 g/mol. The van der Waals surface area contributed by atoms with E-state index < -0.39 is 0 Å². The zero-order chi connectivity index (χ0) is 15.9. The summed E-state index contributed by atoms with van der Waals surface area (Å²) in [5.74, 6) is 2.48. The Bertz CT molecular complexity index is 649. The van der Waals surface area contributed by atoms with Crippen molar-refractivity contribution >= 4 is 17.6 Å². The first-order chi connectivity index (χ1) is 10.6. The van der Waals surface area contributed by atoms with E-state index in [9.17, 15) is 0 Å².